The highest BCUT2D eigenvalue weighted by atomic mass is 16.4. The van der Waals surface area contributed by atoms with Crippen LogP contribution in [0.25, 0.3) is 0 Å². The topological polar surface area (TPSA) is 77.8 Å². The van der Waals surface area contributed by atoms with Crippen molar-refractivity contribution in [1.29, 1.82) is 0 Å². The van der Waals surface area contributed by atoms with Gasteiger partial charge in [0, 0.05) is 19.6 Å². The Labute approximate surface area is 115 Å². The number of aliphatic carboxylic acids is 2. The molecule has 0 aliphatic rings. The highest BCUT2D eigenvalue weighted by Gasteiger charge is 2.14. The number of rotatable bonds is 12. The summed E-state index contributed by atoms with van der Waals surface area (Å²) in [6, 6.07) is 0. The predicted octanol–water partition coefficient (Wildman–Crippen LogP) is 2.45. The van der Waals surface area contributed by atoms with Gasteiger partial charge in [0.15, 0.2) is 0 Å². The van der Waals surface area contributed by atoms with Gasteiger partial charge in [-0.25, -0.2) is 0 Å². The third kappa shape index (κ3) is 10.5. The van der Waals surface area contributed by atoms with Crippen LogP contribution >= 0.6 is 0 Å². The van der Waals surface area contributed by atoms with Gasteiger partial charge in [-0.2, -0.15) is 0 Å². The average Bonchev–Trinajstić information content (AvgIpc) is 2.36. The second-order valence-corrected chi connectivity index (χ2v) is 5.00. The van der Waals surface area contributed by atoms with Crippen LogP contribution in [0, 0.1) is 5.92 Å². The third-order valence-corrected chi connectivity index (χ3v) is 3.34. The standard InChI is InChI=1S/C14H27NO4/c1-3-5-6-12(4-2)11-15(9-7-13(16)17)10-8-14(18)19/h12H,3-11H2,1-2H3,(H,16,17)(H,18,19). The first-order chi connectivity index (χ1) is 8.99. The summed E-state index contributed by atoms with van der Waals surface area (Å²) in [6.45, 7) is 5.96. The summed E-state index contributed by atoms with van der Waals surface area (Å²) < 4.78 is 0. The van der Waals surface area contributed by atoms with Crippen LogP contribution in [0.2, 0.25) is 0 Å². The number of nitrogens with zero attached hydrogens (tertiary/aromatic N) is 1. The van der Waals surface area contributed by atoms with Gasteiger partial charge in [-0.1, -0.05) is 33.1 Å². The Bertz CT molecular complexity index is 250. The van der Waals surface area contributed by atoms with Crippen LogP contribution in [-0.2, 0) is 9.59 Å². The van der Waals surface area contributed by atoms with Crippen molar-refractivity contribution in [2.24, 2.45) is 5.92 Å². The number of carboxylic acids is 2. The molecule has 112 valence electrons. The lowest BCUT2D eigenvalue weighted by Crippen LogP contribution is -2.33. The number of hydrogen-bond acceptors (Lipinski definition) is 3. The summed E-state index contributed by atoms with van der Waals surface area (Å²) in [6.07, 6.45) is 4.65. The lowest BCUT2D eigenvalue weighted by Gasteiger charge is -2.26. The van der Waals surface area contributed by atoms with Gasteiger partial charge in [-0.3, -0.25) is 9.59 Å². The van der Waals surface area contributed by atoms with Crippen molar-refractivity contribution >= 4 is 11.9 Å². The van der Waals surface area contributed by atoms with Crippen molar-refractivity contribution in [1.82, 2.24) is 4.90 Å². The van der Waals surface area contributed by atoms with E-state index in [1.807, 2.05) is 4.90 Å². The fraction of sp³-hybridized carbons (Fsp3) is 0.857. The summed E-state index contributed by atoms with van der Waals surface area (Å²) >= 11 is 0. The van der Waals surface area contributed by atoms with Crippen LogP contribution in [0.1, 0.15) is 52.4 Å². The summed E-state index contributed by atoms with van der Waals surface area (Å²) in [5.74, 6) is -1.13. The minimum Gasteiger partial charge on any atom is -0.481 e. The number of carboxylic acid groups (broad SMARTS) is 2. The lowest BCUT2D eigenvalue weighted by molar-refractivity contribution is -0.137. The third-order valence-electron chi connectivity index (χ3n) is 3.34. The highest BCUT2D eigenvalue weighted by molar-refractivity contribution is 5.67. The van der Waals surface area contributed by atoms with E-state index in [2.05, 4.69) is 13.8 Å². The van der Waals surface area contributed by atoms with Gasteiger partial charge in [0.1, 0.15) is 0 Å². The Kier molecular flexibility index (Phi) is 10.2. The van der Waals surface area contributed by atoms with Crippen LogP contribution in [0.15, 0.2) is 0 Å². The van der Waals surface area contributed by atoms with Crippen LogP contribution in [0.4, 0.5) is 0 Å². The maximum atomic E-state index is 10.6. The number of unbranched alkanes of at least 4 members (excludes halogenated alkanes) is 1. The SMILES string of the molecule is CCCCC(CC)CN(CCC(=O)O)CCC(=O)O. The minimum absolute atomic E-state index is 0.0732. The van der Waals surface area contributed by atoms with E-state index in [9.17, 15) is 9.59 Å². The maximum Gasteiger partial charge on any atom is 0.304 e. The first kappa shape index (κ1) is 17.9. The zero-order chi connectivity index (χ0) is 14.7. The largest absolute Gasteiger partial charge is 0.481 e. The molecule has 0 aliphatic carbocycles. The van der Waals surface area contributed by atoms with Crippen LogP contribution in [-0.4, -0.2) is 46.7 Å². The normalized spacial score (nSPS) is 12.6. The number of hydrogen-bond donors (Lipinski definition) is 2. The molecule has 0 saturated heterocycles. The summed E-state index contributed by atoms with van der Waals surface area (Å²) in [5.41, 5.74) is 0. The van der Waals surface area contributed by atoms with E-state index in [1.54, 1.807) is 0 Å². The van der Waals surface area contributed by atoms with Crippen molar-refractivity contribution in [3.8, 4) is 0 Å². The molecule has 0 heterocycles. The fourth-order valence-corrected chi connectivity index (χ4v) is 2.08. The Hall–Kier alpha value is -1.10. The van der Waals surface area contributed by atoms with E-state index in [0.717, 1.165) is 25.8 Å². The second kappa shape index (κ2) is 10.8. The predicted molar refractivity (Wildman–Crippen MR) is 74.3 cm³/mol. The molecule has 0 saturated carbocycles. The second-order valence-electron chi connectivity index (χ2n) is 5.00. The maximum absolute atomic E-state index is 10.6. The first-order valence-corrected chi connectivity index (χ1v) is 7.15. The molecule has 1 unspecified atom stereocenters. The molecule has 5 nitrogen and oxygen atoms in total. The van der Waals surface area contributed by atoms with E-state index < -0.39 is 11.9 Å². The van der Waals surface area contributed by atoms with Gasteiger partial charge in [0.05, 0.1) is 12.8 Å². The van der Waals surface area contributed by atoms with Gasteiger partial charge in [0.25, 0.3) is 0 Å². The van der Waals surface area contributed by atoms with Crippen LogP contribution in [0.3, 0.4) is 0 Å². The Morgan fingerprint density at radius 1 is 1.05 bits per heavy atom. The minimum atomic E-state index is -0.832. The molecule has 0 aliphatic heterocycles. The molecule has 0 aromatic rings. The van der Waals surface area contributed by atoms with E-state index in [4.69, 9.17) is 10.2 Å². The smallest absolute Gasteiger partial charge is 0.304 e. The lowest BCUT2D eigenvalue weighted by atomic mass is 9.98. The Morgan fingerprint density at radius 2 is 1.58 bits per heavy atom. The molecule has 0 bridgehead atoms. The zero-order valence-electron chi connectivity index (χ0n) is 12.1. The molecule has 5 heteroatoms. The van der Waals surface area contributed by atoms with E-state index >= 15 is 0 Å². The van der Waals surface area contributed by atoms with Gasteiger partial charge in [-0.05, 0) is 12.3 Å². The Morgan fingerprint density at radius 3 is 1.95 bits per heavy atom. The molecule has 1 atom stereocenters. The van der Waals surface area contributed by atoms with Crippen molar-refractivity contribution in [3.05, 3.63) is 0 Å². The van der Waals surface area contributed by atoms with Gasteiger partial charge >= 0.3 is 11.9 Å². The molecule has 0 rings (SSSR count). The van der Waals surface area contributed by atoms with E-state index in [0.29, 0.717) is 19.0 Å². The van der Waals surface area contributed by atoms with Crippen LogP contribution in [0.5, 0.6) is 0 Å². The zero-order valence-corrected chi connectivity index (χ0v) is 12.1. The van der Waals surface area contributed by atoms with E-state index in [1.165, 1.54) is 6.42 Å². The average molecular weight is 273 g/mol. The van der Waals surface area contributed by atoms with Gasteiger partial charge < -0.3 is 15.1 Å². The fourth-order valence-electron chi connectivity index (χ4n) is 2.08. The molecule has 0 aromatic heterocycles. The van der Waals surface area contributed by atoms with Gasteiger partial charge in [-0.15, -0.1) is 0 Å². The molecular weight excluding hydrogens is 246 g/mol. The molecule has 0 radical (unpaired) electrons. The van der Waals surface area contributed by atoms with Crippen LogP contribution < -0.4 is 0 Å². The van der Waals surface area contributed by atoms with Crippen molar-refractivity contribution < 1.29 is 19.8 Å². The monoisotopic (exact) mass is 273 g/mol. The number of carbonyl (C=O) groups is 2. The first-order valence-electron chi connectivity index (χ1n) is 7.15. The van der Waals surface area contributed by atoms with Crippen molar-refractivity contribution in [3.63, 3.8) is 0 Å². The summed E-state index contributed by atoms with van der Waals surface area (Å²) in [5, 5.41) is 17.5. The molecular formula is C14H27NO4. The molecule has 0 spiro atoms. The molecule has 2 N–H and O–H groups in total. The highest BCUT2D eigenvalue weighted by Crippen LogP contribution is 2.14. The Balaban J connectivity index is 4.26. The van der Waals surface area contributed by atoms with Crippen molar-refractivity contribution in [2.45, 2.75) is 52.4 Å². The van der Waals surface area contributed by atoms with Gasteiger partial charge in [0.2, 0.25) is 0 Å². The molecule has 0 aromatic carbocycles. The molecule has 0 fully saturated rings. The summed E-state index contributed by atoms with van der Waals surface area (Å²) in [4.78, 5) is 23.2. The van der Waals surface area contributed by atoms with Crippen molar-refractivity contribution in [2.75, 3.05) is 19.6 Å². The molecule has 0 amide bonds. The summed E-state index contributed by atoms with van der Waals surface area (Å²) in [7, 11) is 0. The van der Waals surface area contributed by atoms with E-state index in [-0.39, 0.29) is 12.8 Å². The quantitative estimate of drug-likeness (QED) is 0.571. The molecule has 19 heavy (non-hydrogen) atoms.